The Morgan fingerprint density at radius 1 is 1.35 bits per heavy atom. The zero-order valence-corrected chi connectivity index (χ0v) is 12.1. The van der Waals surface area contributed by atoms with Crippen LogP contribution in [0.2, 0.25) is 0 Å². The molecule has 6 heteroatoms. The molecule has 6 nitrogen and oxygen atoms in total. The zero-order valence-electron chi connectivity index (χ0n) is 12.1. The molecular formula is C14H19N5O. The lowest BCUT2D eigenvalue weighted by molar-refractivity contribution is 0.102. The van der Waals surface area contributed by atoms with Gasteiger partial charge in [0.25, 0.3) is 5.91 Å². The molecular weight excluding hydrogens is 254 g/mol. The fourth-order valence-electron chi connectivity index (χ4n) is 2.04. The van der Waals surface area contributed by atoms with Crippen molar-refractivity contribution in [2.45, 2.75) is 6.92 Å². The molecule has 3 N–H and O–H groups in total. The predicted octanol–water partition coefficient (Wildman–Crippen LogP) is 1.63. The molecule has 1 amide bonds. The van der Waals surface area contributed by atoms with Crippen molar-refractivity contribution >= 4 is 23.1 Å². The van der Waals surface area contributed by atoms with Crippen LogP contribution in [0.4, 0.5) is 17.2 Å². The molecule has 0 saturated heterocycles. The van der Waals surface area contributed by atoms with Crippen LogP contribution in [0.25, 0.3) is 0 Å². The number of anilines is 3. The monoisotopic (exact) mass is 273 g/mol. The van der Waals surface area contributed by atoms with Gasteiger partial charge in [-0.2, -0.15) is 5.10 Å². The van der Waals surface area contributed by atoms with Gasteiger partial charge < -0.3 is 16.0 Å². The predicted molar refractivity (Wildman–Crippen MR) is 81.1 cm³/mol. The molecule has 2 aromatic rings. The van der Waals surface area contributed by atoms with E-state index in [0.717, 1.165) is 11.4 Å². The number of benzene rings is 1. The van der Waals surface area contributed by atoms with Crippen molar-refractivity contribution in [1.29, 1.82) is 0 Å². The molecule has 0 radical (unpaired) electrons. The van der Waals surface area contributed by atoms with Gasteiger partial charge >= 0.3 is 0 Å². The molecule has 0 aliphatic heterocycles. The number of nitrogen functional groups attached to an aromatic ring is 1. The first kappa shape index (κ1) is 13.9. The van der Waals surface area contributed by atoms with Crippen molar-refractivity contribution in [2.24, 2.45) is 7.05 Å². The summed E-state index contributed by atoms with van der Waals surface area (Å²) in [6, 6.07) is 7.10. The summed E-state index contributed by atoms with van der Waals surface area (Å²) >= 11 is 0. The number of nitrogens with zero attached hydrogens (tertiary/aromatic N) is 3. The molecule has 0 saturated carbocycles. The normalized spacial score (nSPS) is 10.4. The molecule has 0 fully saturated rings. The van der Waals surface area contributed by atoms with Gasteiger partial charge in [-0.15, -0.1) is 0 Å². The fourth-order valence-corrected chi connectivity index (χ4v) is 2.04. The highest BCUT2D eigenvalue weighted by Crippen LogP contribution is 2.22. The molecule has 0 unspecified atom stereocenters. The molecule has 2 rings (SSSR count). The summed E-state index contributed by atoms with van der Waals surface area (Å²) in [7, 11) is 5.56. The van der Waals surface area contributed by atoms with Crippen LogP contribution in [0.1, 0.15) is 16.1 Å². The van der Waals surface area contributed by atoms with Crippen molar-refractivity contribution in [3.63, 3.8) is 0 Å². The summed E-state index contributed by atoms with van der Waals surface area (Å²) < 4.78 is 1.63. The lowest BCUT2D eigenvalue weighted by atomic mass is 10.1. The Morgan fingerprint density at radius 3 is 2.60 bits per heavy atom. The van der Waals surface area contributed by atoms with Crippen molar-refractivity contribution in [3.8, 4) is 0 Å². The number of hydrogen-bond acceptors (Lipinski definition) is 4. The molecule has 0 spiro atoms. The minimum absolute atomic E-state index is 0.205. The van der Waals surface area contributed by atoms with E-state index in [1.54, 1.807) is 23.9 Å². The lowest BCUT2D eigenvalue weighted by Gasteiger charge is -2.17. The minimum atomic E-state index is -0.205. The van der Waals surface area contributed by atoms with Gasteiger partial charge in [-0.05, 0) is 25.1 Å². The van der Waals surface area contributed by atoms with E-state index in [1.807, 2.05) is 38.1 Å². The van der Waals surface area contributed by atoms with Gasteiger partial charge in [0.2, 0.25) is 0 Å². The average Bonchev–Trinajstić information content (AvgIpc) is 2.67. The first-order chi connectivity index (χ1) is 9.38. The van der Waals surface area contributed by atoms with Crippen LogP contribution in [0.15, 0.2) is 24.3 Å². The second kappa shape index (κ2) is 5.24. The van der Waals surface area contributed by atoms with Crippen molar-refractivity contribution in [1.82, 2.24) is 9.78 Å². The highest BCUT2D eigenvalue weighted by atomic mass is 16.1. The van der Waals surface area contributed by atoms with E-state index in [0.29, 0.717) is 17.1 Å². The number of rotatable bonds is 3. The van der Waals surface area contributed by atoms with Gasteiger partial charge in [0.1, 0.15) is 5.82 Å². The zero-order chi connectivity index (χ0) is 14.9. The van der Waals surface area contributed by atoms with Crippen molar-refractivity contribution in [3.05, 3.63) is 35.5 Å². The summed E-state index contributed by atoms with van der Waals surface area (Å²) in [6.45, 7) is 1.88. The number of aryl methyl sites for hydroxylation is 2. The number of hydrogen-bond donors (Lipinski definition) is 2. The van der Waals surface area contributed by atoms with E-state index in [-0.39, 0.29) is 5.91 Å². The summed E-state index contributed by atoms with van der Waals surface area (Å²) in [5, 5.41) is 7.05. The second-order valence-corrected chi connectivity index (χ2v) is 4.92. The quantitative estimate of drug-likeness (QED) is 0.833. The highest BCUT2D eigenvalue weighted by Gasteiger charge is 2.15. The second-order valence-electron chi connectivity index (χ2n) is 4.92. The van der Waals surface area contributed by atoms with Gasteiger partial charge in [0.05, 0.1) is 11.3 Å². The van der Waals surface area contributed by atoms with Crippen LogP contribution in [-0.2, 0) is 7.05 Å². The van der Waals surface area contributed by atoms with Gasteiger partial charge in [-0.3, -0.25) is 9.48 Å². The largest absolute Gasteiger partial charge is 0.399 e. The fraction of sp³-hybridized carbons (Fsp3) is 0.286. The number of nitrogens with two attached hydrogens (primary N) is 1. The Labute approximate surface area is 118 Å². The van der Waals surface area contributed by atoms with E-state index < -0.39 is 0 Å². The molecule has 106 valence electrons. The Bertz CT molecular complexity index is 645. The van der Waals surface area contributed by atoms with Gasteiger partial charge in [-0.1, -0.05) is 0 Å². The van der Waals surface area contributed by atoms with Crippen LogP contribution in [0.5, 0.6) is 0 Å². The topological polar surface area (TPSA) is 76.2 Å². The standard InChI is InChI=1S/C14H19N5O/c1-9-7-13(19(4)17-9)16-14(20)11-8-10(15)5-6-12(11)18(2)3/h5-8H,15H2,1-4H3,(H,16,20). The highest BCUT2D eigenvalue weighted by molar-refractivity contribution is 6.08. The molecule has 1 aromatic heterocycles. The molecule has 0 aliphatic rings. The molecule has 0 aliphatic carbocycles. The number of aromatic nitrogens is 2. The van der Waals surface area contributed by atoms with Crippen molar-refractivity contribution in [2.75, 3.05) is 30.0 Å². The maximum atomic E-state index is 12.4. The van der Waals surface area contributed by atoms with E-state index in [2.05, 4.69) is 10.4 Å². The van der Waals surface area contributed by atoms with Crippen LogP contribution in [-0.4, -0.2) is 29.8 Å². The first-order valence-corrected chi connectivity index (χ1v) is 6.27. The van der Waals surface area contributed by atoms with Gasteiger partial charge in [0, 0.05) is 38.6 Å². The van der Waals surface area contributed by atoms with E-state index in [9.17, 15) is 4.79 Å². The van der Waals surface area contributed by atoms with Crippen LogP contribution in [0, 0.1) is 6.92 Å². The Balaban J connectivity index is 2.33. The number of amides is 1. The number of carbonyl (C=O) groups is 1. The van der Waals surface area contributed by atoms with Crippen LogP contribution >= 0.6 is 0 Å². The molecule has 0 atom stereocenters. The van der Waals surface area contributed by atoms with Crippen LogP contribution < -0.4 is 16.0 Å². The number of nitrogens with one attached hydrogen (secondary N) is 1. The Kier molecular flexibility index (Phi) is 3.65. The van der Waals surface area contributed by atoms with Crippen LogP contribution in [0.3, 0.4) is 0 Å². The van der Waals surface area contributed by atoms with Crippen molar-refractivity contribution < 1.29 is 4.79 Å². The number of carbonyl (C=O) groups excluding carboxylic acids is 1. The van der Waals surface area contributed by atoms with Gasteiger partial charge in [-0.25, -0.2) is 0 Å². The third-order valence-corrected chi connectivity index (χ3v) is 2.99. The SMILES string of the molecule is Cc1cc(NC(=O)c2cc(N)ccc2N(C)C)n(C)n1. The molecule has 1 heterocycles. The third kappa shape index (κ3) is 2.74. The Morgan fingerprint density at radius 2 is 2.05 bits per heavy atom. The maximum Gasteiger partial charge on any atom is 0.258 e. The summed E-state index contributed by atoms with van der Waals surface area (Å²) in [5.41, 5.74) is 8.54. The summed E-state index contributed by atoms with van der Waals surface area (Å²) in [4.78, 5) is 14.3. The van der Waals surface area contributed by atoms with E-state index >= 15 is 0 Å². The summed E-state index contributed by atoms with van der Waals surface area (Å²) in [5.74, 6) is 0.448. The summed E-state index contributed by atoms with van der Waals surface area (Å²) in [6.07, 6.45) is 0. The molecule has 0 bridgehead atoms. The Hall–Kier alpha value is -2.50. The lowest BCUT2D eigenvalue weighted by Crippen LogP contribution is -2.20. The third-order valence-electron chi connectivity index (χ3n) is 2.99. The van der Waals surface area contributed by atoms with E-state index in [1.165, 1.54) is 0 Å². The smallest absolute Gasteiger partial charge is 0.258 e. The first-order valence-electron chi connectivity index (χ1n) is 6.27. The maximum absolute atomic E-state index is 12.4. The minimum Gasteiger partial charge on any atom is -0.399 e. The average molecular weight is 273 g/mol. The van der Waals surface area contributed by atoms with E-state index in [4.69, 9.17) is 5.73 Å². The molecule has 1 aromatic carbocycles. The molecule has 20 heavy (non-hydrogen) atoms. The van der Waals surface area contributed by atoms with Gasteiger partial charge in [0.15, 0.2) is 0 Å².